The fraction of sp³-hybridized carbons (Fsp3) is 0.529. The van der Waals surface area contributed by atoms with Gasteiger partial charge in [-0.15, -0.1) is 0 Å². The SMILES string of the molecule is CC(C)[C@@H]1CC[C@H](C)C/C1=N/NC(=O)c1cccc(Cl)c1. The number of hydrogen-bond donors (Lipinski definition) is 1. The summed E-state index contributed by atoms with van der Waals surface area (Å²) >= 11 is 5.91. The van der Waals surface area contributed by atoms with Gasteiger partial charge in [-0.05, 0) is 49.3 Å². The average Bonchev–Trinajstić information content (AvgIpc) is 2.44. The Kier molecular flexibility index (Phi) is 5.40. The van der Waals surface area contributed by atoms with Crippen LogP contribution in [0.25, 0.3) is 0 Å². The van der Waals surface area contributed by atoms with Crippen LogP contribution >= 0.6 is 11.6 Å². The minimum atomic E-state index is -0.203. The first kappa shape index (κ1) is 16.0. The Balaban J connectivity index is 2.08. The van der Waals surface area contributed by atoms with E-state index in [9.17, 15) is 4.79 Å². The number of amides is 1. The third-order valence-corrected chi connectivity index (χ3v) is 4.38. The molecule has 2 rings (SSSR count). The predicted octanol–water partition coefficient (Wildman–Crippen LogP) is 4.52. The fourth-order valence-electron chi connectivity index (χ4n) is 2.90. The van der Waals surface area contributed by atoms with Gasteiger partial charge in [0.2, 0.25) is 0 Å². The maximum Gasteiger partial charge on any atom is 0.271 e. The van der Waals surface area contributed by atoms with Crippen LogP contribution in [0.1, 0.15) is 50.4 Å². The van der Waals surface area contributed by atoms with Gasteiger partial charge < -0.3 is 0 Å². The van der Waals surface area contributed by atoms with E-state index in [2.05, 4.69) is 31.3 Å². The molecule has 1 fully saturated rings. The number of nitrogens with zero attached hydrogens (tertiary/aromatic N) is 1. The van der Waals surface area contributed by atoms with Crippen LogP contribution in [0.2, 0.25) is 5.02 Å². The van der Waals surface area contributed by atoms with E-state index in [1.165, 1.54) is 6.42 Å². The lowest BCUT2D eigenvalue weighted by Gasteiger charge is -2.30. The number of hydrogen-bond acceptors (Lipinski definition) is 2. The molecule has 4 heteroatoms. The van der Waals surface area contributed by atoms with Crippen molar-refractivity contribution in [2.45, 2.75) is 40.0 Å². The monoisotopic (exact) mass is 306 g/mol. The highest BCUT2D eigenvalue weighted by atomic mass is 35.5. The summed E-state index contributed by atoms with van der Waals surface area (Å²) < 4.78 is 0. The molecule has 114 valence electrons. The zero-order chi connectivity index (χ0) is 15.4. The summed E-state index contributed by atoms with van der Waals surface area (Å²) in [6, 6.07) is 6.91. The number of halogens is 1. The first-order valence-corrected chi connectivity index (χ1v) is 7.97. The summed E-state index contributed by atoms with van der Waals surface area (Å²) in [6.07, 6.45) is 3.37. The third-order valence-electron chi connectivity index (χ3n) is 4.15. The molecule has 21 heavy (non-hydrogen) atoms. The number of carbonyl (C=O) groups is 1. The summed E-state index contributed by atoms with van der Waals surface area (Å²) in [7, 11) is 0. The Bertz CT molecular complexity index is 539. The van der Waals surface area contributed by atoms with Crippen molar-refractivity contribution in [2.75, 3.05) is 0 Å². The molecule has 2 atom stereocenters. The van der Waals surface area contributed by atoms with Crippen molar-refractivity contribution >= 4 is 23.2 Å². The standard InChI is InChI=1S/C17H23ClN2O/c1-11(2)15-8-7-12(3)9-16(15)19-20-17(21)13-5-4-6-14(18)10-13/h4-6,10-12,15H,7-9H2,1-3H3,(H,20,21)/b19-16-/t12-,15-/m0/s1. The van der Waals surface area contributed by atoms with Gasteiger partial charge in [0.05, 0.1) is 0 Å². The number of nitrogens with one attached hydrogen (secondary N) is 1. The molecule has 0 unspecified atom stereocenters. The smallest absolute Gasteiger partial charge is 0.267 e. The molecule has 1 amide bonds. The molecule has 0 spiro atoms. The second-order valence-electron chi connectivity index (χ2n) is 6.29. The van der Waals surface area contributed by atoms with Crippen molar-refractivity contribution in [1.82, 2.24) is 5.43 Å². The summed E-state index contributed by atoms with van der Waals surface area (Å²) in [6.45, 7) is 6.68. The van der Waals surface area contributed by atoms with E-state index in [0.29, 0.717) is 28.3 Å². The third kappa shape index (κ3) is 4.31. The Morgan fingerprint density at radius 3 is 2.81 bits per heavy atom. The minimum absolute atomic E-state index is 0.203. The highest BCUT2D eigenvalue weighted by Gasteiger charge is 2.27. The summed E-state index contributed by atoms with van der Waals surface area (Å²) in [5.41, 5.74) is 4.35. The summed E-state index contributed by atoms with van der Waals surface area (Å²) in [5, 5.41) is 4.97. The Hall–Kier alpha value is -1.35. The predicted molar refractivity (Wildman–Crippen MR) is 87.7 cm³/mol. The van der Waals surface area contributed by atoms with E-state index in [1.807, 2.05) is 0 Å². The van der Waals surface area contributed by atoms with Crippen molar-refractivity contribution in [2.24, 2.45) is 22.9 Å². The molecule has 1 N–H and O–H groups in total. The van der Waals surface area contributed by atoms with Crippen LogP contribution < -0.4 is 5.43 Å². The molecule has 0 aromatic heterocycles. The van der Waals surface area contributed by atoms with Crippen LogP contribution in [0.3, 0.4) is 0 Å². The van der Waals surface area contributed by atoms with Crippen molar-refractivity contribution in [3.63, 3.8) is 0 Å². The number of rotatable bonds is 3. The van der Waals surface area contributed by atoms with Gasteiger partial charge in [-0.1, -0.05) is 38.4 Å². The molecule has 0 bridgehead atoms. The van der Waals surface area contributed by atoms with Gasteiger partial charge in [0.1, 0.15) is 0 Å². The van der Waals surface area contributed by atoms with E-state index >= 15 is 0 Å². The van der Waals surface area contributed by atoms with E-state index in [-0.39, 0.29) is 5.91 Å². The van der Waals surface area contributed by atoms with Crippen molar-refractivity contribution in [3.05, 3.63) is 34.9 Å². The molecule has 0 aliphatic heterocycles. The molecule has 1 aliphatic rings. The second kappa shape index (κ2) is 7.08. The Morgan fingerprint density at radius 2 is 2.14 bits per heavy atom. The van der Waals surface area contributed by atoms with Crippen molar-refractivity contribution < 1.29 is 4.79 Å². The fourth-order valence-corrected chi connectivity index (χ4v) is 3.09. The lowest BCUT2D eigenvalue weighted by molar-refractivity contribution is 0.0954. The Labute approximate surface area is 131 Å². The van der Waals surface area contributed by atoms with E-state index in [1.54, 1.807) is 24.3 Å². The van der Waals surface area contributed by atoms with Crippen molar-refractivity contribution in [1.29, 1.82) is 0 Å². The van der Waals surface area contributed by atoms with Crippen molar-refractivity contribution in [3.8, 4) is 0 Å². The van der Waals surface area contributed by atoms with Gasteiger partial charge in [0, 0.05) is 22.2 Å². The molecule has 0 heterocycles. The quantitative estimate of drug-likeness (QED) is 0.820. The topological polar surface area (TPSA) is 41.5 Å². The summed E-state index contributed by atoms with van der Waals surface area (Å²) in [5.74, 6) is 1.47. The van der Waals surface area contributed by atoms with Crippen LogP contribution in [0.15, 0.2) is 29.4 Å². The average molecular weight is 307 g/mol. The normalized spacial score (nSPS) is 24.3. The van der Waals surface area contributed by atoms with Crippen LogP contribution in [0.5, 0.6) is 0 Å². The lowest BCUT2D eigenvalue weighted by Crippen LogP contribution is -2.31. The van der Waals surface area contributed by atoms with Gasteiger partial charge in [-0.25, -0.2) is 5.43 Å². The highest BCUT2D eigenvalue weighted by Crippen LogP contribution is 2.31. The lowest BCUT2D eigenvalue weighted by atomic mass is 9.76. The zero-order valence-corrected chi connectivity index (χ0v) is 13.7. The maximum atomic E-state index is 12.1. The minimum Gasteiger partial charge on any atom is -0.267 e. The summed E-state index contributed by atoms with van der Waals surface area (Å²) in [4.78, 5) is 12.1. The Morgan fingerprint density at radius 1 is 1.38 bits per heavy atom. The molecular formula is C17H23ClN2O. The van der Waals surface area contributed by atoms with Gasteiger partial charge in [-0.3, -0.25) is 4.79 Å². The second-order valence-corrected chi connectivity index (χ2v) is 6.73. The van der Waals surface area contributed by atoms with Crippen LogP contribution in [-0.2, 0) is 0 Å². The molecule has 1 aliphatic carbocycles. The van der Waals surface area contributed by atoms with Gasteiger partial charge >= 0.3 is 0 Å². The molecule has 0 saturated heterocycles. The van der Waals surface area contributed by atoms with Crippen LogP contribution in [-0.4, -0.2) is 11.6 Å². The van der Waals surface area contributed by atoms with Gasteiger partial charge in [0.15, 0.2) is 0 Å². The van der Waals surface area contributed by atoms with E-state index in [4.69, 9.17) is 11.6 Å². The van der Waals surface area contributed by atoms with E-state index < -0.39 is 0 Å². The van der Waals surface area contributed by atoms with Gasteiger partial charge in [-0.2, -0.15) is 5.10 Å². The highest BCUT2D eigenvalue weighted by molar-refractivity contribution is 6.30. The number of carbonyl (C=O) groups excluding carboxylic acids is 1. The molecule has 1 aromatic rings. The van der Waals surface area contributed by atoms with Crippen LogP contribution in [0, 0.1) is 17.8 Å². The van der Waals surface area contributed by atoms with E-state index in [0.717, 1.165) is 18.6 Å². The first-order valence-electron chi connectivity index (χ1n) is 7.59. The van der Waals surface area contributed by atoms with Gasteiger partial charge in [0.25, 0.3) is 5.91 Å². The molecule has 1 saturated carbocycles. The molecular weight excluding hydrogens is 284 g/mol. The molecule has 3 nitrogen and oxygen atoms in total. The first-order chi connectivity index (χ1) is 9.97. The number of hydrazone groups is 1. The maximum absolute atomic E-state index is 12.1. The van der Waals surface area contributed by atoms with Crippen LogP contribution in [0.4, 0.5) is 0 Å². The zero-order valence-electron chi connectivity index (χ0n) is 12.9. The number of benzene rings is 1. The molecule has 0 radical (unpaired) electrons. The molecule has 1 aromatic carbocycles. The largest absolute Gasteiger partial charge is 0.271 e.